The van der Waals surface area contributed by atoms with Gasteiger partial charge in [0.1, 0.15) is 5.82 Å². The lowest BCUT2D eigenvalue weighted by atomic mass is 10.2. The number of hydrogen-bond acceptors (Lipinski definition) is 3. The minimum atomic E-state index is -0.426. The van der Waals surface area contributed by atoms with Crippen LogP contribution >= 0.6 is 35.0 Å². The van der Waals surface area contributed by atoms with E-state index >= 15 is 0 Å². The van der Waals surface area contributed by atoms with Crippen LogP contribution in [0.1, 0.15) is 11.1 Å². The summed E-state index contributed by atoms with van der Waals surface area (Å²) in [5.74, 6) is -0.793. The number of thioether (sulfide) groups is 1. The quantitative estimate of drug-likeness (QED) is 0.670. The maximum absolute atomic E-state index is 12.9. The average molecular weight is 382 g/mol. The van der Waals surface area contributed by atoms with E-state index in [1.807, 2.05) is 0 Å². The normalized spacial score (nSPS) is 16.3. The van der Waals surface area contributed by atoms with Crippen LogP contribution in [-0.2, 0) is 11.3 Å². The van der Waals surface area contributed by atoms with Gasteiger partial charge in [0.2, 0.25) is 0 Å². The number of halogens is 3. The Morgan fingerprint density at radius 3 is 2.29 bits per heavy atom. The van der Waals surface area contributed by atoms with Crippen molar-refractivity contribution in [1.29, 1.82) is 0 Å². The third-order valence-electron chi connectivity index (χ3n) is 3.42. The molecule has 0 bridgehead atoms. The molecule has 3 rings (SSSR count). The molecule has 1 heterocycles. The summed E-state index contributed by atoms with van der Waals surface area (Å²) < 4.78 is 12.9. The molecule has 2 aromatic rings. The lowest BCUT2D eigenvalue weighted by Gasteiger charge is -2.14. The molecular formula is C17H10Cl2FNO2S. The zero-order valence-electron chi connectivity index (χ0n) is 12.1. The number of nitrogens with zero attached hydrogens (tertiary/aromatic N) is 1. The SMILES string of the molecule is O=C1SC(=Cc2ccc(F)cc2)C(=O)N1Cc1c(Cl)cccc1Cl. The van der Waals surface area contributed by atoms with Gasteiger partial charge in [-0.2, -0.15) is 0 Å². The van der Waals surface area contributed by atoms with Crippen molar-refractivity contribution in [3.63, 3.8) is 0 Å². The zero-order chi connectivity index (χ0) is 17.3. The first-order valence-electron chi connectivity index (χ1n) is 6.89. The van der Waals surface area contributed by atoms with E-state index in [0.717, 1.165) is 16.7 Å². The van der Waals surface area contributed by atoms with Crippen molar-refractivity contribution in [3.05, 3.63) is 74.4 Å². The number of carbonyl (C=O) groups is 2. The molecule has 1 saturated heterocycles. The van der Waals surface area contributed by atoms with Gasteiger partial charge in [0, 0.05) is 15.6 Å². The second-order valence-electron chi connectivity index (χ2n) is 5.02. The molecule has 1 fully saturated rings. The molecule has 24 heavy (non-hydrogen) atoms. The molecule has 1 aliphatic heterocycles. The molecule has 0 saturated carbocycles. The molecule has 0 atom stereocenters. The Labute approximate surface area is 152 Å². The van der Waals surface area contributed by atoms with E-state index in [-0.39, 0.29) is 17.3 Å². The molecule has 0 aromatic heterocycles. The standard InChI is InChI=1S/C17H10Cl2FNO2S/c18-13-2-1-3-14(19)12(13)9-21-16(22)15(24-17(21)23)8-10-4-6-11(20)7-5-10/h1-8H,9H2. The minimum absolute atomic E-state index is 0.00390. The van der Waals surface area contributed by atoms with Gasteiger partial charge in [0.25, 0.3) is 11.1 Å². The highest BCUT2D eigenvalue weighted by Crippen LogP contribution is 2.35. The van der Waals surface area contributed by atoms with Crippen LogP contribution in [0.2, 0.25) is 10.0 Å². The first-order chi connectivity index (χ1) is 11.5. The third kappa shape index (κ3) is 3.48. The molecule has 0 N–H and O–H groups in total. The number of imide groups is 1. The fourth-order valence-electron chi connectivity index (χ4n) is 2.19. The largest absolute Gasteiger partial charge is 0.293 e. The molecule has 3 nitrogen and oxygen atoms in total. The summed E-state index contributed by atoms with van der Waals surface area (Å²) in [4.78, 5) is 26.0. The van der Waals surface area contributed by atoms with Crippen molar-refractivity contribution < 1.29 is 14.0 Å². The first kappa shape index (κ1) is 17.0. The lowest BCUT2D eigenvalue weighted by molar-refractivity contribution is -0.123. The van der Waals surface area contributed by atoms with E-state index in [1.165, 1.54) is 24.3 Å². The number of hydrogen-bond donors (Lipinski definition) is 0. The second-order valence-corrected chi connectivity index (χ2v) is 6.83. The Kier molecular flexibility index (Phi) is 4.94. The molecule has 0 spiro atoms. The Balaban J connectivity index is 1.85. The van der Waals surface area contributed by atoms with Crippen LogP contribution in [0.4, 0.5) is 9.18 Å². The predicted molar refractivity (Wildman–Crippen MR) is 94.4 cm³/mol. The zero-order valence-corrected chi connectivity index (χ0v) is 14.5. The van der Waals surface area contributed by atoms with E-state index < -0.39 is 11.1 Å². The van der Waals surface area contributed by atoms with Gasteiger partial charge in [-0.25, -0.2) is 4.39 Å². The van der Waals surface area contributed by atoms with Gasteiger partial charge >= 0.3 is 0 Å². The van der Waals surface area contributed by atoms with Crippen LogP contribution in [0.3, 0.4) is 0 Å². The summed E-state index contributed by atoms with van der Waals surface area (Å²) in [5.41, 5.74) is 1.16. The summed E-state index contributed by atoms with van der Waals surface area (Å²) in [7, 11) is 0. The molecule has 2 amide bonds. The monoisotopic (exact) mass is 381 g/mol. The smallest absolute Gasteiger partial charge is 0.268 e. The molecule has 122 valence electrons. The Bertz CT molecular complexity index is 832. The van der Waals surface area contributed by atoms with Gasteiger partial charge in [0.15, 0.2) is 0 Å². The third-order valence-corrected chi connectivity index (χ3v) is 5.03. The van der Waals surface area contributed by atoms with E-state index in [2.05, 4.69) is 0 Å². The Morgan fingerprint density at radius 2 is 1.67 bits per heavy atom. The maximum atomic E-state index is 12.9. The number of amides is 2. The van der Waals surface area contributed by atoms with E-state index in [9.17, 15) is 14.0 Å². The van der Waals surface area contributed by atoms with Gasteiger partial charge in [-0.15, -0.1) is 0 Å². The van der Waals surface area contributed by atoms with Crippen molar-refractivity contribution in [2.45, 2.75) is 6.54 Å². The van der Waals surface area contributed by atoms with E-state index in [4.69, 9.17) is 23.2 Å². The highest BCUT2D eigenvalue weighted by molar-refractivity contribution is 8.18. The van der Waals surface area contributed by atoms with Crippen molar-refractivity contribution in [1.82, 2.24) is 4.90 Å². The van der Waals surface area contributed by atoms with E-state index in [1.54, 1.807) is 24.3 Å². The van der Waals surface area contributed by atoms with Crippen molar-refractivity contribution in [2.24, 2.45) is 0 Å². The minimum Gasteiger partial charge on any atom is -0.268 e. The topological polar surface area (TPSA) is 37.4 Å². The van der Waals surface area contributed by atoms with Crippen molar-refractivity contribution in [2.75, 3.05) is 0 Å². The molecule has 7 heteroatoms. The van der Waals surface area contributed by atoms with Crippen molar-refractivity contribution in [3.8, 4) is 0 Å². The predicted octanol–water partition coefficient (Wildman–Crippen LogP) is 5.37. The molecule has 0 unspecified atom stereocenters. The van der Waals surface area contributed by atoms with Gasteiger partial charge in [-0.1, -0.05) is 41.4 Å². The van der Waals surface area contributed by atoms with Crippen LogP contribution in [-0.4, -0.2) is 16.0 Å². The summed E-state index contributed by atoms with van der Waals surface area (Å²) in [6.07, 6.45) is 1.55. The van der Waals surface area contributed by atoms with Crippen molar-refractivity contribution >= 4 is 52.2 Å². The second kappa shape index (κ2) is 6.97. The van der Waals surface area contributed by atoms with Crippen LogP contribution < -0.4 is 0 Å². The number of rotatable bonds is 3. The van der Waals surface area contributed by atoms with Crippen LogP contribution in [0.15, 0.2) is 47.4 Å². The number of benzene rings is 2. The maximum Gasteiger partial charge on any atom is 0.293 e. The molecule has 2 aromatic carbocycles. The highest BCUT2D eigenvalue weighted by atomic mass is 35.5. The molecular weight excluding hydrogens is 372 g/mol. The summed E-state index contributed by atoms with van der Waals surface area (Å²) >= 11 is 13.0. The van der Waals surface area contributed by atoms with Crippen LogP contribution in [0.25, 0.3) is 6.08 Å². The van der Waals surface area contributed by atoms with Gasteiger partial charge < -0.3 is 0 Å². The Morgan fingerprint density at radius 1 is 1.04 bits per heavy atom. The van der Waals surface area contributed by atoms with E-state index in [0.29, 0.717) is 21.2 Å². The highest BCUT2D eigenvalue weighted by Gasteiger charge is 2.35. The fourth-order valence-corrected chi connectivity index (χ4v) is 3.54. The van der Waals surface area contributed by atoms with Crippen LogP contribution in [0, 0.1) is 5.82 Å². The summed E-state index contributed by atoms with van der Waals surface area (Å²) in [6.45, 7) is 0.00390. The summed E-state index contributed by atoms with van der Waals surface area (Å²) in [6, 6.07) is 10.6. The lowest BCUT2D eigenvalue weighted by Crippen LogP contribution is -2.27. The van der Waals surface area contributed by atoms with Gasteiger partial charge in [-0.3, -0.25) is 14.5 Å². The van der Waals surface area contributed by atoms with Crippen LogP contribution in [0.5, 0.6) is 0 Å². The molecule has 0 radical (unpaired) electrons. The molecule has 1 aliphatic rings. The average Bonchev–Trinajstić information content (AvgIpc) is 2.80. The number of carbonyl (C=O) groups excluding carboxylic acids is 2. The summed E-state index contributed by atoms with van der Waals surface area (Å²) in [5, 5.41) is 0.387. The van der Waals surface area contributed by atoms with Gasteiger partial charge in [-0.05, 0) is 47.7 Å². The first-order valence-corrected chi connectivity index (χ1v) is 8.47. The Hall–Kier alpha value is -1.82. The van der Waals surface area contributed by atoms with Gasteiger partial charge in [0.05, 0.1) is 11.4 Å². The fraction of sp³-hybridized carbons (Fsp3) is 0.0588. The molecule has 0 aliphatic carbocycles.